The summed E-state index contributed by atoms with van der Waals surface area (Å²) in [6, 6.07) is 2.01. The van der Waals surface area contributed by atoms with Gasteiger partial charge in [0.25, 0.3) is 0 Å². The minimum absolute atomic E-state index is 0.202. The summed E-state index contributed by atoms with van der Waals surface area (Å²) in [4.78, 5) is 22.2. The number of nitrogens with one attached hydrogen (secondary N) is 1. The molecule has 0 bridgehead atoms. The van der Waals surface area contributed by atoms with Gasteiger partial charge in [-0.05, 0) is 32.2 Å². The van der Waals surface area contributed by atoms with E-state index in [0.29, 0.717) is 37.3 Å². The monoisotopic (exact) mass is 409 g/mol. The Hall–Kier alpha value is -3.27. The molecule has 0 saturated heterocycles. The summed E-state index contributed by atoms with van der Waals surface area (Å²) in [7, 11) is 4.07. The fourth-order valence-corrected chi connectivity index (χ4v) is 3.47. The molecule has 0 saturated carbocycles. The van der Waals surface area contributed by atoms with E-state index in [2.05, 4.69) is 44.4 Å². The Morgan fingerprint density at radius 1 is 1.33 bits per heavy atom. The maximum Gasteiger partial charge on any atom is 0.228 e. The number of hydrogen-bond acceptors (Lipinski definition) is 9. The average molecular weight is 409 g/mol. The van der Waals surface area contributed by atoms with Gasteiger partial charge >= 0.3 is 0 Å². The first-order chi connectivity index (χ1) is 14.6. The third-order valence-corrected chi connectivity index (χ3v) is 5.07. The second kappa shape index (κ2) is 8.62. The molecule has 0 fully saturated rings. The number of aryl methyl sites for hydroxylation is 1. The van der Waals surface area contributed by atoms with E-state index < -0.39 is 0 Å². The highest BCUT2D eigenvalue weighted by Gasteiger charge is 2.23. The molecule has 0 aliphatic carbocycles. The van der Waals surface area contributed by atoms with E-state index >= 15 is 0 Å². The van der Waals surface area contributed by atoms with Crippen molar-refractivity contribution >= 4 is 28.6 Å². The molecular formula is C20H27N9O. The van der Waals surface area contributed by atoms with Crippen LogP contribution in [0.25, 0.3) is 11.0 Å². The van der Waals surface area contributed by atoms with Crippen LogP contribution in [0.5, 0.6) is 0 Å². The summed E-state index contributed by atoms with van der Waals surface area (Å²) in [6.45, 7) is 6.69. The molecular weight excluding hydrogens is 382 g/mol. The number of ether oxygens (including phenoxy) is 1. The van der Waals surface area contributed by atoms with Gasteiger partial charge in [0, 0.05) is 33.4 Å². The molecule has 0 radical (unpaired) electrons. The summed E-state index contributed by atoms with van der Waals surface area (Å²) < 4.78 is 7.43. The third-order valence-electron chi connectivity index (χ3n) is 5.07. The molecule has 4 rings (SSSR count). The Balaban J connectivity index is 1.77. The fourth-order valence-electron chi connectivity index (χ4n) is 3.47. The van der Waals surface area contributed by atoms with Gasteiger partial charge in [-0.3, -0.25) is 4.68 Å². The van der Waals surface area contributed by atoms with Gasteiger partial charge in [-0.1, -0.05) is 0 Å². The predicted octanol–water partition coefficient (Wildman–Crippen LogP) is 1.97. The summed E-state index contributed by atoms with van der Waals surface area (Å²) in [6.07, 6.45) is 7.43. The standard InChI is InChI=1S/C20H27N9O/c1-5-30-11-10-29-18-17(14(2)26-29)24-20(28(4)15-7-9-27(3)12-15)25-19(18)23-16-6-8-21-13-22-16/h6-9,13,15H,5,10-12H2,1-4H3,(H,21,22,23,24,25)/t15-/m0/s1. The molecule has 0 amide bonds. The lowest BCUT2D eigenvalue weighted by Gasteiger charge is -2.25. The molecule has 30 heavy (non-hydrogen) atoms. The predicted molar refractivity (Wildman–Crippen MR) is 116 cm³/mol. The molecule has 1 aliphatic heterocycles. The second-order valence-electron chi connectivity index (χ2n) is 7.25. The van der Waals surface area contributed by atoms with Gasteiger partial charge < -0.3 is 19.9 Å². The van der Waals surface area contributed by atoms with E-state index in [1.54, 1.807) is 12.3 Å². The Morgan fingerprint density at radius 3 is 2.90 bits per heavy atom. The van der Waals surface area contributed by atoms with E-state index in [1.807, 2.05) is 25.6 Å². The molecule has 0 spiro atoms. The molecule has 1 atom stereocenters. The van der Waals surface area contributed by atoms with Crippen LogP contribution in [-0.4, -0.2) is 74.5 Å². The van der Waals surface area contributed by atoms with Gasteiger partial charge in [-0.2, -0.15) is 10.1 Å². The van der Waals surface area contributed by atoms with Crippen LogP contribution in [-0.2, 0) is 11.3 Å². The van der Waals surface area contributed by atoms with Crippen LogP contribution in [0.2, 0.25) is 0 Å². The SMILES string of the molecule is CCOCCn1nc(C)c2nc(N(C)[C@H]3C=CN(C)C3)nc(Nc3ccncn3)c21. The van der Waals surface area contributed by atoms with E-state index in [1.165, 1.54) is 6.33 Å². The summed E-state index contributed by atoms with van der Waals surface area (Å²) in [5.74, 6) is 1.96. The van der Waals surface area contributed by atoms with Crippen LogP contribution in [0.3, 0.4) is 0 Å². The zero-order chi connectivity index (χ0) is 21.1. The highest BCUT2D eigenvalue weighted by molar-refractivity contribution is 5.90. The molecule has 1 aliphatic rings. The fraction of sp³-hybridized carbons (Fsp3) is 0.450. The van der Waals surface area contributed by atoms with Crippen LogP contribution >= 0.6 is 0 Å². The number of nitrogens with zero attached hydrogens (tertiary/aromatic N) is 8. The summed E-state index contributed by atoms with van der Waals surface area (Å²) >= 11 is 0. The molecule has 10 heteroatoms. The molecule has 1 N–H and O–H groups in total. The number of aromatic nitrogens is 6. The number of hydrogen-bond donors (Lipinski definition) is 1. The van der Waals surface area contributed by atoms with E-state index in [4.69, 9.17) is 19.8 Å². The van der Waals surface area contributed by atoms with Crippen molar-refractivity contribution in [3.05, 3.63) is 36.6 Å². The number of anilines is 3. The zero-order valence-corrected chi connectivity index (χ0v) is 17.8. The molecule has 0 aromatic carbocycles. The van der Waals surface area contributed by atoms with Crippen molar-refractivity contribution in [3.63, 3.8) is 0 Å². The molecule has 3 aromatic rings. The van der Waals surface area contributed by atoms with Gasteiger partial charge in [0.15, 0.2) is 5.82 Å². The van der Waals surface area contributed by atoms with Crippen molar-refractivity contribution in [3.8, 4) is 0 Å². The maximum atomic E-state index is 5.53. The zero-order valence-electron chi connectivity index (χ0n) is 17.8. The van der Waals surface area contributed by atoms with E-state index in [0.717, 1.165) is 23.3 Å². The Kier molecular flexibility index (Phi) is 5.75. The molecule has 3 aromatic heterocycles. The topological polar surface area (TPSA) is 97.1 Å². The van der Waals surface area contributed by atoms with Crippen molar-refractivity contribution in [1.29, 1.82) is 0 Å². The first-order valence-electron chi connectivity index (χ1n) is 10.0. The Morgan fingerprint density at radius 2 is 2.20 bits per heavy atom. The lowest BCUT2D eigenvalue weighted by molar-refractivity contribution is 0.137. The number of rotatable bonds is 8. The van der Waals surface area contributed by atoms with Crippen LogP contribution in [0, 0.1) is 6.92 Å². The Bertz CT molecular complexity index is 1030. The molecule has 4 heterocycles. The van der Waals surface area contributed by atoms with Gasteiger partial charge in [0.1, 0.15) is 23.2 Å². The van der Waals surface area contributed by atoms with Gasteiger partial charge in [-0.15, -0.1) is 0 Å². The minimum Gasteiger partial charge on any atom is -0.380 e. The van der Waals surface area contributed by atoms with Gasteiger partial charge in [0.05, 0.1) is 24.9 Å². The lowest BCUT2D eigenvalue weighted by atomic mass is 10.3. The van der Waals surface area contributed by atoms with Crippen LogP contribution < -0.4 is 10.2 Å². The Labute approximate surface area is 175 Å². The van der Waals surface area contributed by atoms with Gasteiger partial charge in [0.2, 0.25) is 5.95 Å². The van der Waals surface area contributed by atoms with Crippen molar-refractivity contribution in [2.45, 2.75) is 26.4 Å². The second-order valence-corrected chi connectivity index (χ2v) is 7.25. The van der Waals surface area contributed by atoms with E-state index in [-0.39, 0.29) is 6.04 Å². The quantitative estimate of drug-likeness (QED) is 0.560. The van der Waals surface area contributed by atoms with Crippen LogP contribution in [0.4, 0.5) is 17.6 Å². The first kappa shape index (κ1) is 20.0. The van der Waals surface area contributed by atoms with Crippen molar-refractivity contribution in [2.24, 2.45) is 0 Å². The van der Waals surface area contributed by atoms with E-state index in [9.17, 15) is 0 Å². The lowest BCUT2D eigenvalue weighted by Crippen LogP contribution is -2.35. The highest BCUT2D eigenvalue weighted by Crippen LogP contribution is 2.28. The van der Waals surface area contributed by atoms with Gasteiger partial charge in [-0.25, -0.2) is 15.0 Å². The molecule has 10 nitrogen and oxygen atoms in total. The van der Waals surface area contributed by atoms with Crippen molar-refractivity contribution in [2.75, 3.05) is 44.1 Å². The summed E-state index contributed by atoms with van der Waals surface area (Å²) in [5, 5.41) is 8.02. The van der Waals surface area contributed by atoms with Crippen molar-refractivity contribution < 1.29 is 4.74 Å². The first-order valence-corrected chi connectivity index (χ1v) is 10.0. The number of fused-ring (bicyclic) bond motifs is 1. The number of likely N-dealkylation sites (N-methyl/N-ethyl adjacent to an activating group) is 2. The van der Waals surface area contributed by atoms with Crippen molar-refractivity contribution in [1.82, 2.24) is 34.6 Å². The largest absolute Gasteiger partial charge is 0.380 e. The van der Waals surface area contributed by atoms with Crippen LogP contribution in [0.1, 0.15) is 12.6 Å². The highest BCUT2D eigenvalue weighted by atomic mass is 16.5. The normalized spacial score (nSPS) is 15.9. The molecule has 0 unspecified atom stereocenters. The third kappa shape index (κ3) is 4.04. The minimum atomic E-state index is 0.202. The smallest absolute Gasteiger partial charge is 0.228 e. The molecule has 158 valence electrons. The summed E-state index contributed by atoms with van der Waals surface area (Å²) in [5.41, 5.74) is 2.50. The maximum absolute atomic E-state index is 5.53. The van der Waals surface area contributed by atoms with Crippen LogP contribution in [0.15, 0.2) is 30.9 Å². The average Bonchev–Trinajstić information content (AvgIpc) is 3.32.